The van der Waals surface area contributed by atoms with E-state index in [1.54, 1.807) is 6.08 Å². The van der Waals surface area contributed by atoms with Crippen LogP contribution in [-0.4, -0.2) is 47.7 Å². The number of nitrogens with zero attached hydrogens (tertiary/aromatic N) is 1. The lowest BCUT2D eigenvalue weighted by molar-refractivity contribution is -0.222. The molecule has 1 saturated heterocycles. The molecule has 5 atom stereocenters. The molecule has 0 unspecified atom stereocenters. The van der Waals surface area contributed by atoms with Gasteiger partial charge in [-0.1, -0.05) is 121 Å². The minimum Gasteiger partial charge on any atom is -0.375 e. The molecule has 6 rings (SSSR count). The number of benzene rings is 4. The molecule has 0 amide bonds. The van der Waals surface area contributed by atoms with Crippen LogP contribution in [0, 0.1) is 0 Å². The van der Waals surface area contributed by atoms with E-state index in [1.807, 2.05) is 79.0 Å². The van der Waals surface area contributed by atoms with E-state index in [-0.39, 0.29) is 17.9 Å². The first-order valence-corrected chi connectivity index (χ1v) is 15.3. The quantitative estimate of drug-likeness (QED) is 0.178. The highest BCUT2D eigenvalue weighted by Crippen LogP contribution is 2.36. The normalized spacial score (nSPS) is 23.0. The summed E-state index contributed by atoms with van der Waals surface area (Å²) in [5.74, 6) is 0.0778. The number of hydrogen-bond acceptors (Lipinski definition) is 6. The SMILES string of the molecule is O=C1C=CN2[C@H](C1)[C@H](OCc1ccccc1)[C@@H](OCc1ccccc1)[C@H](OCc1ccccc1)[C@H]2COCc1ccccc1. The van der Waals surface area contributed by atoms with E-state index >= 15 is 0 Å². The smallest absolute Gasteiger partial charge is 0.159 e. The lowest BCUT2D eigenvalue weighted by Crippen LogP contribution is -2.68. The van der Waals surface area contributed by atoms with Gasteiger partial charge in [0.05, 0.1) is 45.1 Å². The summed E-state index contributed by atoms with van der Waals surface area (Å²) in [6.45, 7) is 2.10. The Morgan fingerprint density at radius 3 is 1.48 bits per heavy atom. The molecule has 6 heteroatoms. The molecule has 0 aromatic heterocycles. The minimum absolute atomic E-state index is 0.0778. The van der Waals surface area contributed by atoms with Crippen molar-refractivity contribution in [3.63, 3.8) is 0 Å². The van der Waals surface area contributed by atoms with Crippen LogP contribution in [0.25, 0.3) is 0 Å². The Morgan fingerprint density at radius 2 is 0.977 bits per heavy atom. The molecule has 0 bridgehead atoms. The van der Waals surface area contributed by atoms with Crippen molar-refractivity contribution in [2.75, 3.05) is 6.61 Å². The predicted octanol–water partition coefficient (Wildman–Crippen LogP) is 6.50. The van der Waals surface area contributed by atoms with E-state index in [0.717, 1.165) is 22.3 Å². The van der Waals surface area contributed by atoms with Gasteiger partial charge in [-0.05, 0) is 28.3 Å². The number of ketones is 1. The number of carbonyl (C=O) groups is 1. The molecule has 2 aliphatic heterocycles. The fraction of sp³-hybridized carbons (Fsp3) is 0.289. The third-order valence-corrected chi connectivity index (χ3v) is 8.27. The Hall–Kier alpha value is -4.07. The van der Waals surface area contributed by atoms with Crippen LogP contribution in [0.3, 0.4) is 0 Å². The highest BCUT2D eigenvalue weighted by atomic mass is 16.6. The van der Waals surface area contributed by atoms with E-state index in [0.29, 0.717) is 39.5 Å². The average molecular weight is 590 g/mol. The zero-order valence-corrected chi connectivity index (χ0v) is 24.8. The molecule has 1 fully saturated rings. The van der Waals surface area contributed by atoms with Gasteiger partial charge in [0, 0.05) is 12.6 Å². The van der Waals surface area contributed by atoms with Crippen LogP contribution in [0.1, 0.15) is 28.7 Å². The van der Waals surface area contributed by atoms with E-state index in [9.17, 15) is 4.79 Å². The molecule has 0 N–H and O–H groups in total. The van der Waals surface area contributed by atoms with Crippen molar-refractivity contribution in [1.29, 1.82) is 0 Å². The van der Waals surface area contributed by atoms with Gasteiger partial charge in [-0.3, -0.25) is 4.79 Å². The lowest BCUT2D eigenvalue weighted by atomic mass is 9.83. The Bertz CT molecular complexity index is 1460. The first kappa shape index (κ1) is 30.0. The van der Waals surface area contributed by atoms with Crippen molar-refractivity contribution >= 4 is 5.78 Å². The molecular weight excluding hydrogens is 550 g/mol. The Morgan fingerprint density at radius 1 is 0.545 bits per heavy atom. The van der Waals surface area contributed by atoms with Crippen LogP contribution in [0.15, 0.2) is 134 Å². The van der Waals surface area contributed by atoms with E-state index < -0.39 is 18.3 Å². The summed E-state index contributed by atoms with van der Waals surface area (Å²) in [4.78, 5) is 15.1. The summed E-state index contributed by atoms with van der Waals surface area (Å²) >= 11 is 0. The molecule has 0 radical (unpaired) electrons. The first-order chi connectivity index (χ1) is 21.7. The molecule has 44 heavy (non-hydrogen) atoms. The molecule has 226 valence electrons. The third-order valence-electron chi connectivity index (χ3n) is 8.27. The molecule has 4 aromatic carbocycles. The van der Waals surface area contributed by atoms with Gasteiger partial charge in [-0.15, -0.1) is 0 Å². The number of fused-ring (bicyclic) bond motifs is 1. The summed E-state index contributed by atoms with van der Waals surface area (Å²) in [6.07, 6.45) is 2.63. The molecule has 2 aliphatic rings. The van der Waals surface area contributed by atoms with E-state index in [2.05, 4.69) is 53.4 Å². The summed E-state index contributed by atoms with van der Waals surface area (Å²) in [7, 11) is 0. The summed E-state index contributed by atoms with van der Waals surface area (Å²) < 4.78 is 26.7. The number of hydrogen-bond donors (Lipinski definition) is 0. The lowest BCUT2D eigenvalue weighted by Gasteiger charge is -2.53. The predicted molar refractivity (Wildman–Crippen MR) is 169 cm³/mol. The Labute approximate surface area is 259 Å². The fourth-order valence-electron chi connectivity index (χ4n) is 6.05. The minimum atomic E-state index is -0.450. The monoisotopic (exact) mass is 589 g/mol. The molecule has 0 spiro atoms. The second-order valence-corrected chi connectivity index (χ2v) is 11.4. The topological polar surface area (TPSA) is 57.2 Å². The van der Waals surface area contributed by atoms with Crippen LogP contribution in [-0.2, 0) is 50.2 Å². The molecule has 4 aromatic rings. The fourth-order valence-corrected chi connectivity index (χ4v) is 6.05. The van der Waals surface area contributed by atoms with Crippen molar-refractivity contribution < 1.29 is 23.7 Å². The van der Waals surface area contributed by atoms with Crippen LogP contribution in [0.5, 0.6) is 0 Å². The van der Waals surface area contributed by atoms with Crippen LogP contribution in [0.2, 0.25) is 0 Å². The highest BCUT2D eigenvalue weighted by Gasteiger charge is 2.52. The van der Waals surface area contributed by atoms with Crippen LogP contribution in [0.4, 0.5) is 0 Å². The van der Waals surface area contributed by atoms with Crippen LogP contribution >= 0.6 is 0 Å². The van der Waals surface area contributed by atoms with Crippen molar-refractivity contribution in [3.05, 3.63) is 156 Å². The number of ether oxygens (including phenoxy) is 4. The highest BCUT2D eigenvalue weighted by molar-refractivity contribution is 5.91. The summed E-state index contributed by atoms with van der Waals surface area (Å²) in [5.41, 5.74) is 4.31. The second kappa shape index (κ2) is 15.1. The number of allylic oxidation sites excluding steroid dienone is 1. The Kier molecular flexibility index (Phi) is 10.3. The number of piperidine rings is 1. The van der Waals surface area contributed by atoms with Crippen molar-refractivity contribution in [2.45, 2.75) is 63.2 Å². The molecular formula is C38H39NO5. The maximum Gasteiger partial charge on any atom is 0.159 e. The summed E-state index contributed by atoms with van der Waals surface area (Å²) in [5, 5.41) is 0. The number of carbonyl (C=O) groups excluding carboxylic acids is 1. The maximum atomic E-state index is 12.8. The van der Waals surface area contributed by atoms with Gasteiger partial charge >= 0.3 is 0 Å². The van der Waals surface area contributed by atoms with Gasteiger partial charge in [0.1, 0.15) is 18.3 Å². The van der Waals surface area contributed by atoms with Gasteiger partial charge in [0.2, 0.25) is 0 Å². The summed E-state index contributed by atoms with van der Waals surface area (Å²) in [6, 6.07) is 40.2. The van der Waals surface area contributed by atoms with Gasteiger partial charge in [0.25, 0.3) is 0 Å². The van der Waals surface area contributed by atoms with Gasteiger partial charge < -0.3 is 23.8 Å². The molecule has 0 aliphatic carbocycles. The van der Waals surface area contributed by atoms with Crippen molar-refractivity contribution in [1.82, 2.24) is 4.90 Å². The first-order valence-electron chi connectivity index (χ1n) is 15.3. The number of rotatable bonds is 13. The maximum absolute atomic E-state index is 12.8. The third kappa shape index (κ3) is 7.71. The Balaban J connectivity index is 1.32. The van der Waals surface area contributed by atoms with Crippen molar-refractivity contribution in [3.8, 4) is 0 Å². The second-order valence-electron chi connectivity index (χ2n) is 11.4. The van der Waals surface area contributed by atoms with Crippen LogP contribution < -0.4 is 0 Å². The average Bonchev–Trinajstić information content (AvgIpc) is 3.08. The van der Waals surface area contributed by atoms with E-state index in [1.165, 1.54) is 0 Å². The molecule has 2 heterocycles. The van der Waals surface area contributed by atoms with Gasteiger partial charge in [-0.2, -0.15) is 0 Å². The molecule has 0 saturated carbocycles. The van der Waals surface area contributed by atoms with Gasteiger partial charge in [0.15, 0.2) is 5.78 Å². The standard InChI is InChI=1S/C38H39NO5/c40-33-21-22-39-34(23-33)36(42-25-30-15-7-2-8-16-30)38(44-27-32-19-11-4-12-20-32)37(43-26-31-17-9-3-10-18-31)35(39)28-41-24-29-13-5-1-6-14-29/h1-22,34-38H,23-28H2/t34-,35-,36+,37-,38-/m1/s1. The zero-order valence-electron chi connectivity index (χ0n) is 24.8. The largest absolute Gasteiger partial charge is 0.375 e. The molecule has 6 nitrogen and oxygen atoms in total. The van der Waals surface area contributed by atoms with E-state index in [4.69, 9.17) is 18.9 Å². The van der Waals surface area contributed by atoms with Gasteiger partial charge in [-0.25, -0.2) is 0 Å². The zero-order chi connectivity index (χ0) is 30.0. The van der Waals surface area contributed by atoms with Crippen molar-refractivity contribution in [2.24, 2.45) is 0 Å².